The number of hydrogen-bond acceptors (Lipinski definition) is 7. The second-order valence-electron chi connectivity index (χ2n) is 8.29. The molecule has 11 heteroatoms. The van der Waals surface area contributed by atoms with Crippen LogP contribution in [0.4, 0.5) is 18.6 Å². The van der Waals surface area contributed by atoms with Gasteiger partial charge >= 0.3 is 12.0 Å². The first kappa shape index (κ1) is 25.7. The minimum absolute atomic E-state index is 0.109. The Kier molecular flexibility index (Phi) is 8.24. The van der Waals surface area contributed by atoms with Crippen LogP contribution in [0, 0.1) is 11.6 Å². The van der Waals surface area contributed by atoms with E-state index < -0.39 is 23.6 Å². The zero-order chi connectivity index (χ0) is 25.7. The molecular weight excluding hydrogens is 490 g/mol. The number of nitrogens with one attached hydrogen (secondary N) is 2. The molecule has 0 bridgehead atoms. The van der Waals surface area contributed by atoms with Crippen LogP contribution in [0.15, 0.2) is 48.5 Å². The van der Waals surface area contributed by atoms with Gasteiger partial charge in [-0.1, -0.05) is 47.7 Å². The molecule has 1 fully saturated rings. The molecule has 1 aliphatic rings. The Bertz CT molecular complexity index is 1220. The van der Waals surface area contributed by atoms with Crippen molar-refractivity contribution >= 4 is 28.3 Å². The van der Waals surface area contributed by atoms with Gasteiger partial charge in [-0.05, 0) is 17.7 Å². The molecule has 0 saturated carbocycles. The molecule has 2 amide bonds. The maximum absolute atomic E-state index is 14.0. The molecule has 1 saturated heterocycles. The average Bonchev–Trinajstić information content (AvgIpc) is 3.48. The molecule has 0 spiro atoms. The first-order valence-electron chi connectivity index (χ1n) is 11.3. The van der Waals surface area contributed by atoms with Crippen LogP contribution in [-0.2, 0) is 9.47 Å². The highest BCUT2D eigenvalue weighted by atomic mass is 32.1. The van der Waals surface area contributed by atoms with Gasteiger partial charge in [0.25, 0.3) is 0 Å². The number of carbonyl (C=O) groups is 2. The van der Waals surface area contributed by atoms with Crippen LogP contribution in [-0.4, -0.2) is 68.4 Å². The fourth-order valence-corrected chi connectivity index (χ4v) is 5.09. The van der Waals surface area contributed by atoms with Crippen molar-refractivity contribution in [2.75, 3.05) is 45.8 Å². The van der Waals surface area contributed by atoms with Crippen LogP contribution in [0.5, 0.6) is 0 Å². The molecule has 2 aromatic carbocycles. The smallest absolute Gasteiger partial charge is 0.367 e. The summed E-state index contributed by atoms with van der Waals surface area (Å²) < 4.78 is 37.4. The Hall–Kier alpha value is -3.41. The van der Waals surface area contributed by atoms with Crippen LogP contribution in [0.25, 0.3) is 11.3 Å². The number of aromatic nitrogens is 1. The summed E-state index contributed by atoms with van der Waals surface area (Å²) in [5, 5.41) is 6.26. The van der Waals surface area contributed by atoms with E-state index in [1.807, 2.05) is 30.3 Å². The summed E-state index contributed by atoms with van der Waals surface area (Å²) >= 11 is 1.01. The lowest BCUT2D eigenvalue weighted by atomic mass is 9.94. The van der Waals surface area contributed by atoms with Gasteiger partial charge in [-0.2, -0.15) is 0 Å². The van der Waals surface area contributed by atoms with Gasteiger partial charge in [0.2, 0.25) is 5.01 Å². The fourth-order valence-electron chi connectivity index (χ4n) is 4.19. The number of methoxy groups -OCH3 is 2. The molecule has 8 nitrogen and oxygen atoms in total. The van der Waals surface area contributed by atoms with Crippen LogP contribution < -0.4 is 10.6 Å². The van der Waals surface area contributed by atoms with E-state index in [2.05, 4.69) is 20.5 Å². The highest BCUT2D eigenvalue weighted by Gasteiger charge is 2.35. The molecular formula is C25H26F2N4O4S. The van der Waals surface area contributed by atoms with E-state index in [4.69, 9.17) is 9.47 Å². The third kappa shape index (κ3) is 5.86. The molecule has 4 rings (SSSR count). The lowest BCUT2D eigenvalue weighted by molar-refractivity contribution is 0.0600. The molecule has 0 aliphatic carbocycles. The number of halogens is 2. The van der Waals surface area contributed by atoms with Crippen LogP contribution in [0.3, 0.4) is 0 Å². The molecule has 0 radical (unpaired) electrons. The maximum atomic E-state index is 14.0. The zero-order valence-corrected chi connectivity index (χ0v) is 20.6. The maximum Gasteiger partial charge on any atom is 0.367 e. The second kappa shape index (κ2) is 11.5. The van der Waals surface area contributed by atoms with E-state index in [9.17, 15) is 18.4 Å². The van der Waals surface area contributed by atoms with Crippen molar-refractivity contribution in [1.29, 1.82) is 0 Å². The largest absolute Gasteiger partial charge is 0.464 e. The van der Waals surface area contributed by atoms with E-state index >= 15 is 0 Å². The van der Waals surface area contributed by atoms with Crippen molar-refractivity contribution in [3.63, 3.8) is 0 Å². The molecule has 190 valence electrons. The molecule has 3 aromatic rings. The number of ether oxygens (including phenoxy) is 2. The number of likely N-dealkylation sites (tertiary alicyclic amines) is 1. The van der Waals surface area contributed by atoms with E-state index in [0.717, 1.165) is 23.0 Å². The van der Waals surface area contributed by atoms with E-state index in [1.165, 1.54) is 19.2 Å². The number of benzene rings is 2. The molecule has 36 heavy (non-hydrogen) atoms. The van der Waals surface area contributed by atoms with Gasteiger partial charge in [-0.3, -0.25) is 10.2 Å². The van der Waals surface area contributed by atoms with E-state index in [1.54, 1.807) is 7.11 Å². The first-order chi connectivity index (χ1) is 17.4. The number of thiazole rings is 1. The summed E-state index contributed by atoms with van der Waals surface area (Å²) in [4.78, 5) is 31.6. The minimum atomic E-state index is -0.932. The summed E-state index contributed by atoms with van der Waals surface area (Å²) in [5.74, 6) is -2.72. The number of rotatable bonds is 8. The number of nitrogens with zero attached hydrogens (tertiary/aromatic N) is 2. The zero-order valence-electron chi connectivity index (χ0n) is 19.8. The predicted molar refractivity (Wildman–Crippen MR) is 132 cm³/mol. The Morgan fingerprint density at radius 3 is 2.58 bits per heavy atom. The van der Waals surface area contributed by atoms with Crippen molar-refractivity contribution in [2.45, 2.75) is 12.0 Å². The van der Waals surface area contributed by atoms with Crippen molar-refractivity contribution in [1.82, 2.24) is 15.2 Å². The molecule has 1 aliphatic heterocycles. The highest BCUT2D eigenvalue weighted by Crippen LogP contribution is 2.34. The molecule has 0 unspecified atom stereocenters. The van der Waals surface area contributed by atoms with Crippen molar-refractivity contribution in [3.8, 4) is 11.3 Å². The van der Waals surface area contributed by atoms with Crippen LogP contribution in [0.2, 0.25) is 0 Å². The highest BCUT2D eigenvalue weighted by molar-refractivity contribution is 7.18. The minimum Gasteiger partial charge on any atom is -0.464 e. The van der Waals surface area contributed by atoms with Gasteiger partial charge in [-0.25, -0.2) is 23.4 Å². The monoisotopic (exact) mass is 516 g/mol. The molecule has 2 N–H and O–H groups in total. The van der Waals surface area contributed by atoms with Crippen LogP contribution in [0.1, 0.15) is 21.3 Å². The van der Waals surface area contributed by atoms with Gasteiger partial charge in [0, 0.05) is 38.2 Å². The second-order valence-corrected chi connectivity index (χ2v) is 9.29. The Labute approximate surface area is 211 Å². The number of anilines is 1. The lowest BCUT2D eigenvalue weighted by Crippen LogP contribution is -2.42. The quantitative estimate of drug-likeness (QED) is 0.438. The van der Waals surface area contributed by atoms with Gasteiger partial charge in [-0.15, -0.1) is 0 Å². The Morgan fingerprint density at radius 2 is 1.89 bits per heavy atom. The van der Waals surface area contributed by atoms with Gasteiger partial charge in [0.1, 0.15) is 10.7 Å². The van der Waals surface area contributed by atoms with Crippen LogP contribution >= 0.6 is 11.3 Å². The van der Waals surface area contributed by atoms with Crippen molar-refractivity contribution in [3.05, 3.63) is 70.7 Å². The summed E-state index contributed by atoms with van der Waals surface area (Å²) in [7, 11) is 2.87. The first-order valence-corrected chi connectivity index (χ1v) is 12.1. The summed E-state index contributed by atoms with van der Waals surface area (Å²) in [6.07, 6.45) is 0. The van der Waals surface area contributed by atoms with Gasteiger partial charge < -0.3 is 14.8 Å². The SMILES string of the molecule is COCCN1C[C@@H](NC(=O)Nc2sc(C(=O)OC)nc2-c2ccccc2)[C@H](c2ccc(F)c(F)c2)C1. The standard InChI is InChI=1S/C25H26F2N4O4S/c1-34-11-10-31-13-17(16-8-9-18(26)19(27)12-16)20(14-31)28-25(33)30-22-21(15-6-4-3-5-7-15)29-23(36-22)24(32)35-2/h3-9,12,17,20H,10-11,13-14H2,1-2H3,(H2,28,30,33)/t17-,20+/m0/s1. The normalized spacial score (nSPS) is 17.7. The number of carbonyl (C=O) groups excluding carboxylic acids is 2. The number of urea groups is 1. The van der Waals surface area contributed by atoms with Crippen molar-refractivity contribution < 1.29 is 27.8 Å². The third-order valence-corrected chi connectivity index (χ3v) is 6.91. The fraction of sp³-hybridized carbons (Fsp3) is 0.320. The number of amides is 2. The third-order valence-electron chi connectivity index (χ3n) is 5.96. The summed E-state index contributed by atoms with van der Waals surface area (Å²) in [5.41, 5.74) is 1.77. The predicted octanol–water partition coefficient (Wildman–Crippen LogP) is 4.11. The topological polar surface area (TPSA) is 92.8 Å². The molecule has 2 heterocycles. The van der Waals surface area contributed by atoms with Crippen molar-refractivity contribution in [2.24, 2.45) is 0 Å². The summed E-state index contributed by atoms with van der Waals surface area (Å²) in [6, 6.07) is 12.1. The van der Waals surface area contributed by atoms with Gasteiger partial charge in [0.05, 0.1) is 19.8 Å². The van der Waals surface area contributed by atoms with E-state index in [-0.39, 0.29) is 17.0 Å². The van der Waals surface area contributed by atoms with Gasteiger partial charge in [0.15, 0.2) is 11.6 Å². The average molecular weight is 517 g/mol. The summed E-state index contributed by atoms with van der Waals surface area (Å²) in [6.45, 7) is 2.18. The number of esters is 1. The van der Waals surface area contributed by atoms with E-state index in [0.29, 0.717) is 42.5 Å². The molecule has 1 aromatic heterocycles. The lowest BCUT2D eigenvalue weighted by Gasteiger charge is -2.20. The Balaban J connectivity index is 1.55. The number of hydrogen-bond donors (Lipinski definition) is 2. The Morgan fingerprint density at radius 1 is 1.11 bits per heavy atom. The molecule has 2 atom stereocenters.